The summed E-state index contributed by atoms with van der Waals surface area (Å²) >= 11 is 0. The molecular formula is C19H13F5N2O2. The van der Waals surface area contributed by atoms with E-state index in [2.05, 4.69) is 4.98 Å². The summed E-state index contributed by atoms with van der Waals surface area (Å²) in [7, 11) is 1.31. The third-order valence-corrected chi connectivity index (χ3v) is 4.56. The van der Waals surface area contributed by atoms with Crippen molar-refractivity contribution in [2.45, 2.75) is 13.0 Å². The van der Waals surface area contributed by atoms with Gasteiger partial charge in [0.2, 0.25) is 0 Å². The Labute approximate surface area is 155 Å². The summed E-state index contributed by atoms with van der Waals surface area (Å²) in [6, 6.07) is 1.88. The highest BCUT2D eigenvalue weighted by atomic mass is 19.2. The number of fused-ring (bicyclic) bond motifs is 1. The van der Waals surface area contributed by atoms with Gasteiger partial charge in [-0.1, -0.05) is 0 Å². The zero-order chi connectivity index (χ0) is 20.7. The van der Waals surface area contributed by atoms with Crippen LogP contribution in [0.3, 0.4) is 0 Å². The summed E-state index contributed by atoms with van der Waals surface area (Å²) in [5.74, 6) is -7.95. The molecule has 0 radical (unpaired) electrons. The predicted octanol–water partition coefficient (Wildman–Crippen LogP) is 4.06. The Morgan fingerprint density at radius 3 is 2.04 bits per heavy atom. The molecule has 0 unspecified atom stereocenters. The molecule has 1 heterocycles. The standard InChI is InChI=1S/C19H13F5N2O2/c1-8(26(2)19(28)9-3-15(22)17(24)16(23)4-9)12-7-25-18(27)11-6-14(21)13(20)5-10(11)12/h3-8H,1-2H3,(H,25,27)/t8-/m0/s1. The van der Waals surface area contributed by atoms with Crippen LogP contribution in [0, 0.1) is 29.1 Å². The topological polar surface area (TPSA) is 53.2 Å². The van der Waals surface area contributed by atoms with E-state index < -0.39 is 52.2 Å². The van der Waals surface area contributed by atoms with Crippen LogP contribution in [0.15, 0.2) is 35.3 Å². The van der Waals surface area contributed by atoms with E-state index in [1.54, 1.807) is 0 Å². The van der Waals surface area contributed by atoms with E-state index in [4.69, 9.17) is 0 Å². The minimum atomic E-state index is -1.70. The molecule has 9 heteroatoms. The fraction of sp³-hybridized carbons (Fsp3) is 0.158. The molecule has 0 saturated carbocycles. The van der Waals surface area contributed by atoms with Gasteiger partial charge in [-0.15, -0.1) is 0 Å². The molecule has 0 fully saturated rings. The number of H-pyrrole nitrogens is 1. The molecule has 1 amide bonds. The maximum absolute atomic E-state index is 13.7. The lowest BCUT2D eigenvalue weighted by atomic mass is 10.0. The molecule has 3 aromatic rings. The number of nitrogens with one attached hydrogen (secondary N) is 1. The fourth-order valence-electron chi connectivity index (χ4n) is 2.89. The van der Waals surface area contributed by atoms with Gasteiger partial charge in [0, 0.05) is 18.8 Å². The average Bonchev–Trinajstić information content (AvgIpc) is 2.66. The average molecular weight is 396 g/mol. The Kier molecular flexibility index (Phi) is 4.93. The minimum absolute atomic E-state index is 0.0752. The van der Waals surface area contributed by atoms with Gasteiger partial charge in [0.05, 0.1) is 11.4 Å². The highest BCUT2D eigenvalue weighted by Crippen LogP contribution is 2.28. The summed E-state index contributed by atoms with van der Waals surface area (Å²) in [4.78, 5) is 27.9. The Bertz CT molecular complexity index is 1140. The largest absolute Gasteiger partial charge is 0.335 e. The van der Waals surface area contributed by atoms with Crippen LogP contribution in [-0.2, 0) is 0 Å². The Morgan fingerprint density at radius 1 is 0.929 bits per heavy atom. The number of carbonyl (C=O) groups excluding carboxylic acids is 1. The zero-order valence-corrected chi connectivity index (χ0v) is 14.6. The normalized spacial score (nSPS) is 12.2. The van der Waals surface area contributed by atoms with Crippen LogP contribution in [0.4, 0.5) is 22.0 Å². The van der Waals surface area contributed by atoms with Crippen molar-refractivity contribution in [1.82, 2.24) is 9.88 Å². The van der Waals surface area contributed by atoms with Crippen molar-refractivity contribution in [3.63, 3.8) is 0 Å². The molecule has 0 bridgehead atoms. The van der Waals surface area contributed by atoms with Gasteiger partial charge >= 0.3 is 0 Å². The SMILES string of the molecule is C[C@@H](c1c[nH]c(=O)c2cc(F)c(F)cc12)N(C)C(=O)c1cc(F)c(F)c(F)c1. The predicted molar refractivity (Wildman–Crippen MR) is 91.3 cm³/mol. The van der Waals surface area contributed by atoms with Crippen molar-refractivity contribution in [2.75, 3.05) is 7.05 Å². The number of carbonyl (C=O) groups is 1. The molecule has 1 atom stereocenters. The lowest BCUT2D eigenvalue weighted by molar-refractivity contribution is 0.0742. The van der Waals surface area contributed by atoms with Crippen molar-refractivity contribution < 1.29 is 26.7 Å². The van der Waals surface area contributed by atoms with Crippen LogP contribution in [0.25, 0.3) is 10.8 Å². The van der Waals surface area contributed by atoms with E-state index in [1.807, 2.05) is 0 Å². The zero-order valence-electron chi connectivity index (χ0n) is 14.6. The lowest BCUT2D eigenvalue weighted by Gasteiger charge is -2.26. The Morgan fingerprint density at radius 2 is 1.46 bits per heavy atom. The van der Waals surface area contributed by atoms with Crippen LogP contribution < -0.4 is 5.56 Å². The summed E-state index contributed by atoms with van der Waals surface area (Å²) < 4.78 is 67.1. The summed E-state index contributed by atoms with van der Waals surface area (Å²) in [5, 5.41) is -0.0470. The molecule has 2 aromatic carbocycles. The third-order valence-electron chi connectivity index (χ3n) is 4.56. The maximum Gasteiger partial charge on any atom is 0.255 e. The summed E-state index contributed by atoms with van der Waals surface area (Å²) in [5.41, 5.74) is -0.814. The van der Waals surface area contributed by atoms with Crippen LogP contribution in [0.1, 0.15) is 28.9 Å². The number of nitrogens with zero attached hydrogens (tertiary/aromatic N) is 1. The van der Waals surface area contributed by atoms with E-state index >= 15 is 0 Å². The summed E-state index contributed by atoms with van der Waals surface area (Å²) in [6.45, 7) is 1.52. The number of aromatic amines is 1. The molecule has 0 aliphatic carbocycles. The first-order valence-corrected chi connectivity index (χ1v) is 8.03. The molecule has 4 nitrogen and oxygen atoms in total. The summed E-state index contributed by atoms with van der Waals surface area (Å²) in [6.07, 6.45) is 1.24. The fourth-order valence-corrected chi connectivity index (χ4v) is 2.89. The molecule has 146 valence electrons. The first-order chi connectivity index (χ1) is 13.1. The molecule has 28 heavy (non-hydrogen) atoms. The van der Waals surface area contributed by atoms with Crippen molar-refractivity contribution in [3.05, 3.63) is 81.0 Å². The maximum atomic E-state index is 13.7. The van der Waals surface area contributed by atoms with Crippen molar-refractivity contribution in [2.24, 2.45) is 0 Å². The van der Waals surface area contributed by atoms with E-state index in [9.17, 15) is 31.5 Å². The van der Waals surface area contributed by atoms with E-state index in [0.717, 1.165) is 17.0 Å². The van der Waals surface area contributed by atoms with Crippen molar-refractivity contribution in [3.8, 4) is 0 Å². The number of pyridine rings is 1. The highest BCUT2D eigenvalue weighted by molar-refractivity contribution is 5.95. The molecule has 1 N–H and O–H groups in total. The minimum Gasteiger partial charge on any atom is -0.335 e. The number of halogens is 5. The van der Waals surface area contributed by atoms with Gasteiger partial charge in [-0.2, -0.15) is 0 Å². The molecular weight excluding hydrogens is 383 g/mol. The molecule has 3 rings (SSSR count). The Hall–Kier alpha value is -3.23. The number of rotatable bonds is 3. The smallest absolute Gasteiger partial charge is 0.255 e. The van der Waals surface area contributed by atoms with E-state index in [-0.39, 0.29) is 16.3 Å². The van der Waals surface area contributed by atoms with Crippen LogP contribution in [0.5, 0.6) is 0 Å². The number of amides is 1. The highest BCUT2D eigenvalue weighted by Gasteiger charge is 2.24. The molecule has 0 aliphatic rings. The molecule has 0 spiro atoms. The van der Waals surface area contributed by atoms with Crippen molar-refractivity contribution in [1.29, 1.82) is 0 Å². The number of hydrogen-bond donors (Lipinski definition) is 1. The molecule has 0 saturated heterocycles. The second kappa shape index (κ2) is 7.06. The van der Waals surface area contributed by atoms with Gasteiger partial charge in [0.25, 0.3) is 11.5 Å². The third kappa shape index (κ3) is 3.23. The lowest BCUT2D eigenvalue weighted by Crippen LogP contribution is -2.30. The van der Waals surface area contributed by atoms with Gasteiger partial charge in [-0.3, -0.25) is 9.59 Å². The van der Waals surface area contributed by atoms with Crippen LogP contribution in [0.2, 0.25) is 0 Å². The van der Waals surface area contributed by atoms with Gasteiger partial charge in [-0.25, -0.2) is 22.0 Å². The first-order valence-electron chi connectivity index (χ1n) is 8.03. The van der Waals surface area contributed by atoms with Gasteiger partial charge < -0.3 is 9.88 Å². The second-order valence-corrected chi connectivity index (χ2v) is 6.23. The van der Waals surface area contributed by atoms with Gasteiger partial charge in [0.1, 0.15) is 0 Å². The molecule has 1 aromatic heterocycles. The second-order valence-electron chi connectivity index (χ2n) is 6.23. The van der Waals surface area contributed by atoms with Crippen molar-refractivity contribution >= 4 is 16.7 Å². The van der Waals surface area contributed by atoms with Crippen LogP contribution >= 0.6 is 0 Å². The van der Waals surface area contributed by atoms with E-state index in [1.165, 1.54) is 20.2 Å². The monoisotopic (exact) mass is 396 g/mol. The number of hydrogen-bond acceptors (Lipinski definition) is 2. The number of benzene rings is 2. The number of aromatic nitrogens is 1. The van der Waals surface area contributed by atoms with E-state index in [0.29, 0.717) is 12.1 Å². The quantitative estimate of drug-likeness (QED) is 0.536. The Balaban J connectivity index is 2.05. The van der Waals surface area contributed by atoms with Gasteiger partial charge in [-0.05, 0) is 42.1 Å². The first kappa shape index (κ1) is 19.5. The van der Waals surface area contributed by atoms with Gasteiger partial charge in [0.15, 0.2) is 29.1 Å². The molecule has 0 aliphatic heterocycles. The van der Waals surface area contributed by atoms with Crippen LogP contribution in [-0.4, -0.2) is 22.8 Å².